The Bertz CT molecular complexity index is 515. The molecule has 1 saturated carbocycles. The molecule has 1 aromatic heterocycles. The van der Waals surface area contributed by atoms with E-state index in [1.807, 2.05) is 20.8 Å². The van der Waals surface area contributed by atoms with Crippen molar-refractivity contribution in [2.24, 2.45) is 0 Å². The van der Waals surface area contributed by atoms with Gasteiger partial charge in [-0.3, -0.25) is 4.79 Å². The van der Waals surface area contributed by atoms with Crippen molar-refractivity contribution in [3.63, 3.8) is 0 Å². The molecule has 0 aliphatic heterocycles. The van der Waals surface area contributed by atoms with Gasteiger partial charge in [0.05, 0.1) is 0 Å². The maximum absolute atomic E-state index is 12.8. The Morgan fingerprint density at radius 1 is 1.33 bits per heavy atom. The number of aromatic nitrogens is 2. The van der Waals surface area contributed by atoms with Crippen molar-refractivity contribution in [3.8, 4) is 0 Å². The number of halogens is 1. The zero-order chi connectivity index (χ0) is 15.5. The molecule has 0 saturated heterocycles. The van der Waals surface area contributed by atoms with Gasteiger partial charge in [0.15, 0.2) is 5.82 Å². The Morgan fingerprint density at radius 2 is 2.00 bits per heavy atom. The van der Waals surface area contributed by atoms with Crippen LogP contribution in [0.15, 0.2) is 17.2 Å². The number of alkyl halides is 1. The van der Waals surface area contributed by atoms with Crippen LogP contribution in [0.3, 0.4) is 0 Å². The summed E-state index contributed by atoms with van der Waals surface area (Å²) in [6.07, 6.45) is 9.70. The minimum atomic E-state index is -0.221. The molecule has 4 nitrogen and oxygen atoms in total. The fourth-order valence-electron chi connectivity index (χ4n) is 3.07. The molecule has 0 amide bonds. The van der Waals surface area contributed by atoms with Gasteiger partial charge in [0.2, 0.25) is 0 Å². The number of nitrogens with zero attached hydrogens (tertiary/aromatic N) is 3. The van der Waals surface area contributed by atoms with E-state index in [0.717, 1.165) is 11.9 Å². The first-order valence-electron chi connectivity index (χ1n) is 7.86. The van der Waals surface area contributed by atoms with E-state index >= 15 is 0 Å². The number of hydrogen-bond acceptors (Lipinski definition) is 3. The summed E-state index contributed by atoms with van der Waals surface area (Å²) in [5.74, 6) is 0.610. The fraction of sp³-hybridized carbons (Fsp3) is 0.750. The van der Waals surface area contributed by atoms with Crippen molar-refractivity contribution in [1.29, 1.82) is 0 Å². The third-order valence-corrected chi connectivity index (χ3v) is 4.51. The molecule has 0 atom stereocenters. The van der Waals surface area contributed by atoms with E-state index < -0.39 is 0 Å². The monoisotopic (exact) mass is 355 g/mol. The molecule has 118 valence electrons. The first-order valence-corrected chi connectivity index (χ1v) is 8.98. The Kier molecular flexibility index (Phi) is 5.47. The van der Waals surface area contributed by atoms with E-state index in [1.54, 1.807) is 17.0 Å². The van der Waals surface area contributed by atoms with Crippen molar-refractivity contribution in [3.05, 3.63) is 22.7 Å². The Hall–Kier alpha value is -0.840. The summed E-state index contributed by atoms with van der Waals surface area (Å²) in [5, 5.41) is 0.856. The SMILES string of the molecule is CC(C)(C)n1ccnc(N(CCBr)C2CCCCC2)c1=O. The molecule has 0 unspecified atom stereocenters. The third-order valence-electron chi connectivity index (χ3n) is 4.16. The highest BCUT2D eigenvalue weighted by molar-refractivity contribution is 9.09. The van der Waals surface area contributed by atoms with Crippen LogP contribution in [0.2, 0.25) is 0 Å². The molecular weight excluding hydrogens is 330 g/mol. The van der Waals surface area contributed by atoms with E-state index in [1.165, 1.54) is 32.1 Å². The van der Waals surface area contributed by atoms with E-state index in [4.69, 9.17) is 0 Å². The first kappa shape index (κ1) is 16.5. The summed E-state index contributed by atoms with van der Waals surface area (Å²) in [4.78, 5) is 19.5. The summed E-state index contributed by atoms with van der Waals surface area (Å²) in [6.45, 7) is 6.98. The first-order chi connectivity index (χ1) is 9.95. The summed E-state index contributed by atoms with van der Waals surface area (Å²) in [6, 6.07) is 0.451. The highest BCUT2D eigenvalue weighted by atomic mass is 79.9. The summed E-state index contributed by atoms with van der Waals surface area (Å²) >= 11 is 3.52. The molecule has 1 heterocycles. The second kappa shape index (κ2) is 6.95. The predicted molar refractivity (Wildman–Crippen MR) is 91.5 cm³/mol. The molecule has 0 bridgehead atoms. The molecule has 2 rings (SSSR count). The molecule has 1 fully saturated rings. The van der Waals surface area contributed by atoms with Gasteiger partial charge >= 0.3 is 0 Å². The van der Waals surface area contributed by atoms with Crippen molar-refractivity contribution in [2.45, 2.75) is 64.5 Å². The molecule has 0 N–H and O–H groups in total. The number of hydrogen-bond donors (Lipinski definition) is 0. The van der Waals surface area contributed by atoms with Crippen molar-refractivity contribution in [2.75, 3.05) is 16.8 Å². The average molecular weight is 356 g/mol. The maximum Gasteiger partial charge on any atom is 0.293 e. The Balaban J connectivity index is 2.38. The van der Waals surface area contributed by atoms with Gasteiger partial charge < -0.3 is 9.47 Å². The summed E-state index contributed by atoms with van der Waals surface area (Å²) < 4.78 is 1.79. The van der Waals surface area contributed by atoms with Gasteiger partial charge in [-0.15, -0.1) is 0 Å². The van der Waals surface area contributed by atoms with Crippen LogP contribution in [0.25, 0.3) is 0 Å². The lowest BCUT2D eigenvalue weighted by atomic mass is 9.94. The number of rotatable bonds is 4. The third kappa shape index (κ3) is 3.87. The summed E-state index contributed by atoms with van der Waals surface area (Å²) in [7, 11) is 0. The van der Waals surface area contributed by atoms with Crippen LogP contribution in [-0.2, 0) is 5.54 Å². The minimum absolute atomic E-state index is 0.0246. The molecule has 1 aromatic rings. The van der Waals surface area contributed by atoms with Gasteiger partial charge in [0, 0.05) is 35.8 Å². The normalized spacial score (nSPS) is 17.0. The smallest absolute Gasteiger partial charge is 0.293 e. The molecule has 0 aromatic carbocycles. The highest BCUT2D eigenvalue weighted by Crippen LogP contribution is 2.25. The van der Waals surface area contributed by atoms with Crippen LogP contribution in [0, 0.1) is 0 Å². The molecule has 1 aliphatic rings. The van der Waals surface area contributed by atoms with Crippen LogP contribution in [0.1, 0.15) is 52.9 Å². The van der Waals surface area contributed by atoms with Crippen LogP contribution in [0.5, 0.6) is 0 Å². The van der Waals surface area contributed by atoms with Crippen molar-refractivity contribution < 1.29 is 0 Å². The molecular formula is C16H26BrN3O. The van der Waals surface area contributed by atoms with Crippen LogP contribution >= 0.6 is 15.9 Å². The lowest BCUT2D eigenvalue weighted by molar-refractivity contribution is 0.377. The lowest BCUT2D eigenvalue weighted by Crippen LogP contribution is -2.44. The average Bonchev–Trinajstić information content (AvgIpc) is 2.45. The zero-order valence-electron chi connectivity index (χ0n) is 13.3. The van der Waals surface area contributed by atoms with E-state index in [0.29, 0.717) is 11.9 Å². The standard InChI is InChI=1S/C16H26BrN3O/c1-16(2,3)20-12-10-18-14(15(20)21)19(11-9-17)13-7-5-4-6-8-13/h10,12-13H,4-9,11H2,1-3H3. The Morgan fingerprint density at radius 3 is 2.57 bits per heavy atom. The molecule has 21 heavy (non-hydrogen) atoms. The van der Waals surface area contributed by atoms with Gasteiger partial charge in [-0.25, -0.2) is 4.98 Å². The second-order valence-electron chi connectivity index (χ2n) is 6.77. The maximum atomic E-state index is 12.8. The van der Waals surface area contributed by atoms with Crippen molar-refractivity contribution in [1.82, 2.24) is 9.55 Å². The van der Waals surface area contributed by atoms with E-state index in [-0.39, 0.29) is 11.1 Å². The van der Waals surface area contributed by atoms with Gasteiger partial charge in [-0.1, -0.05) is 35.2 Å². The minimum Gasteiger partial charge on any atom is -0.348 e. The second-order valence-corrected chi connectivity index (χ2v) is 7.56. The quantitative estimate of drug-likeness (QED) is 0.775. The highest BCUT2D eigenvalue weighted by Gasteiger charge is 2.26. The van der Waals surface area contributed by atoms with E-state index in [2.05, 4.69) is 25.8 Å². The van der Waals surface area contributed by atoms with Crippen molar-refractivity contribution >= 4 is 21.7 Å². The molecule has 0 spiro atoms. The lowest BCUT2D eigenvalue weighted by Gasteiger charge is -2.35. The largest absolute Gasteiger partial charge is 0.348 e. The fourth-order valence-corrected chi connectivity index (χ4v) is 3.45. The van der Waals surface area contributed by atoms with Crippen LogP contribution in [-0.4, -0.2) is 27.5 Å². The van der Waals surface area contributed by atoms with Gasteiger partial charge in [0.1, 0.15) is 0 Å². The zero-order valence-corrected chi connectivity index (χ0v) is 14.9. The van der Waals surface area contributed by atoms with Crippen LogP contribution in [0.4, 0.5) is 5.82 Å². The predicted octanol–water partition coefficient (Wildman–Crippen LogP) is 3.53. The molecule has 5 heteroatoms. The number of anilines is 1. The van der Waals surface area contributed by atoms with Gasteiger partial charge in [0.25, 0.3) is 5.56 Å². The van der Waals surface area contributed by atoms with Gasteiger partial charge in [-0.2, -0.15) is 0 Å². The summed E-state index contributed by atoms with van der Waals surface area (Å²) in [5.41, 5.74) is -0.196. The topological polar surface area (TPSA) is 38.1 Å². The van der Waals surface area contributed by atoms with Crippen LogP contribution < -0.4 is 10.5 Å². The van der Waals surface area contributed by atoms with Gasteiger partial charge in [-0.05, 0) is 33.6 Å². The molecule has 0 radical (unpaired) electrons. The Labute approximate surface area is 135 Å². The molecule has 1 aliphatic carbocycles. The van der Waals surface area contributed by atoms with E-state index in [9.17, 15) is 4.79 Å².